The van der Waals surface area contributed by atoms with E-state index in [1.165, 1.54) is 22.5 Å². The molecule has 0 saturated carbocycles. The van der Waals surface area contributed by atoms with Crippen LogP contribution in [0.25, 0.3) is 6.08 Å². The zero-order chi connectivity index (χ0) is 20.2. The molecule has 0 N–H and O–H groups in total. The van der Waals surface area contributed by atoms with Crippen LogP contribution in [-0.4, -0.2) is 30.6 Å². The highest BCUT2D eigenvalue weighted by molar-refractivity contribution is 5.73. The monoisotopic (exact) mass is 396 g/mol. The van der Waals surface area contributed by atoms with Crippen LogP contribution in [0.4, 0.5) is 11.4 Å². The molecule has 3 aromatic rings. The Morgan fingerprint density at radius 2 is 1.50 bits per heavy atom. The topological polar surface area (TPSA) is 15.7 Å². The zero-order valence-electron chi connectivity index (χ0n) is 17.3. The number of hydrogen-bond donors (Lipinski definition) is 0. The fourth-order valence-electron chi connectivity index (χ4n) is 4.59. The second-order valence-corrected chi connectivity index (χ2v) is 8.10. The molecular formula is C27H28N2O. The zero-order valence-corrected chi connectivity index (χ0v) is 17.3. The van der Waals surface area contributed by atoms with Gasteiger partial charge in [-0.2, -0.15) is 0 Å². The molecule has 0 radical (unpaired) electrons. The lowest BCUT2D eigenvalue weighted by Gasteiger charge is -2.39. The van der Waals surface area contributed by atoms with E-state index in [0.717, 1.165) is 38.2 Å². The minimum atomic E-state index is 0.489. The van der Waals surface area contributed by atoms with E-state index in [2.05, 4.69) is 101 Å². The second-order valence-electron chi connectivity index (χ2n) is 8.10. The van der Waals surface area contributed by atoms with Crippen molar-refractivity contribution in [3.63, 3.8) is 0 Å². The van der Waals surface area contributed by atoms with E-state index in [1.807, 2.05) is 0 Å². The van der Waals surface area contributed by atoms with Crippen molar-refractivity contribution in [1.29, 1.82) is 0 Å². The van der Waals surface area contributed by atoms with Crippen LogP contribution >= 0.6 is 0 Å². The lowest BCUT2D eigenvalue weighted by molar-refractivity contribution is 0.233. The third-order valence-electron chi connectivity index (χ3n) is 6.15. The fraction of sp³-hybridized carbons (Fsp3) is 0.259. The lowest BCUT2D eigenvalue weighted by atomic mass is 10.00. The maximum absolute atomic E-state index is 6.15. The molecule has 0 bridgehead atoms. The smallest absolute Gasteiger partial charge is 0.143 e. The van der Waals surface area contributed by atoms with E-state index >= 15 is 0 Å². The Kier molecular flexibility index (Phi) is 5.54. The summed E-state index contributed by atoms with van der Waals surface area (Å²) in [6.07, 6.45) is 6.83. The van der Waals surface area contributed by atoms with E-state index in [4.69, 9.17) is 4.74 Å². The van der Waals surface area contributed by atoms with E-state index in [-0.39, 0.29) is 0 Å². The first-order valence-corrected chi connectivity index (χ1v) is 10.9. The Balaban J connectivity index is 1.31. The van der Waals surface area contributed by atoms with Gasteiger partial charge >= 0.3 is 0 Å². The van der Waals surface area contributed by atoms with Crippen LogP contribution in [0.5, 0.6) is 5.75 Å². The highest BCUT2D eigenvalue weighted by atomic mass is 16.5. The molecule has 152 valence electrons. The van der Waals surface area contributed by atoms with Crippen molar-refractivity contribution < 1.29 is 4.74 Å². The predicted octanol–water partition coefficient (Wildman–Crippen LogP) is 5.89. The molecule has 30 heavy (non-hydrogen) atoms. The van der Waals surface area contributed by atoms with Gasteiger partial charge in [-0.05, 0) is 36.6 Å². The van der Waals surface area contributed by atoms with Gasteiger partial charge in [0.1, 0.15) is 12.4 Å². The third kappa shape index (κ3) is 3.99. The summed E-state index contributed by atoms with van der Waals surface area (Å²) in [5, 5.41) is 0. The number of ether oxygens (including phenoxy) is 1. The molecule has 3 heteroatoms. The molecule has 0 aromatic heterocycles. The molecule has 2 aliphatic rings. The fourth-order valence-corrected chi connectivity index (χ4v) is 4.59. The van der Waals surface area contributed by atoms with Crippen LogP contribution in [0.2, 0.25) is 0 Å². The number of fused-ring (bicyclic) bond motifs is 2. The van der Waals surface area contributed by atoms with Crippen LogP contribution in [0.1, 0.15) is 24.0 Å². The largest absolute Gasteiger partial charge is 0.487 e. The number of anilines is 2. The molecule has 2 heterocycles. The first kappa shape index (κ1) is 19.0. The van der Waals surface area contributed by atoms with E-state index in [1.54, 1.807) is 0 Å². The summed E-state index contributed by atoms with van der Waals surface area (Å²) in [5.41, 5.74) is 5.03. The van der Waals surface area contributed by atoms with Gasteiger partial charge in [0.05, 0.1) is 5.69 Å². The minimum absolute atomic E-state index is 0.489. The van der Waals surface area contributed by atoms with Gasteiger partial charge in [-0.15, -0.1) is 0 Å². The second kappa shape index (κ2) is 8.76. The Labute approximate surface area is 179 Å². The van der Waals surface area contributed by atoms with Gasteiger partial charge in [-0.25, -0.2) is 0 Å². The summed E-state index contributed by atoms with van der Waals surface area (Å²) in [6, 6.07) is 28.2. The van der Waals surface area contributed by atoms with Gasteiger partial charge < -0.3 is 9.64 Å². The van der Waals surface area contributed by atoms with Crippen molar-refractivity contribution in [2.75, 3.05) is 24.5 Å². The van der Waals surface area contributed by atoms with Gasteiger partial charge in [0.25, 0.3) is 0 Å². The summed E-state index contributed by atoms with van der Waals surface area (Å²) in [7, 11) is 0. The van der Waals surface area contributed by atoms with Crippen molar-refractivity contribution in [2.24, 2.45) is 0 Å². The van der Waals surface area contributed by atoms with Gasteiger partial charge in [0.2, 0.25) is 0 Å². The average molecular weight is 397 g/mol. The van der Waals surface area contributed by atoms with Crippen molar-refractivity contribution in [3.05, 3.63) is 96.1 Å². The van der Waals surface area contributed by atoms with Crippen LogP contribution in [0, 0.1) is 0 Å². The van der Waals surface area contributed by atoms with Gasteiger partial charge in [0.15, 0.2) is 0 Å². The van der Waals surface area contributed by atoms with Gasteiger partial charge in [-0.1, -0.05) is 72.8 Å². The van der Waals surface area contributed by atoms with Crippen molar-refractivity contribution >= 4 is 17.5 Å². The quantitative estimate of drug-likeness (QED) is 0.546. The number of likely N-dealkylation sites (tertiary alicyclic amines) is 1. The highest BCUT2D eigenvalue weighted by Gasteiger charge is 2.30. The van der Waals surface area contributed by atoms with Crippen molar-refractivity contribution in [2.45, 2.75) is 25.5 Å². The maximum atomic E-state index is 6.15. The van der Waals surface area contributed by atoms with E-state index in [0.29, 0.717) is 12.6 Å². The molecule has 0 aliphatic carbocycles. The Morgan fingerprint density at radius 3 is 2.33 bits per heavy atom. The molecule has 3 aromatic carbocycles. The first-order chi connectivity index (χ1) is 14.9. The predicted molar refractivity (Wildman–Crippen MR) is 124 cm³/mol. The number of hydrogen-bond acceptors (Lipinski definition) is 3. The molecule has 0 atom stereocenters. The molecule has 3 nitrogen and oxygen atoms in total. The number of benzene rings is 3. The summed E-state index contributed by atoms with van der Waals surface area (Å²) in [5.74, 6) is 0.988. The summed E-state index contributed by atoms with van der Waals surface area (Å²) >= 11 is 0. The summed E-state index contributed by atoms with van der Waals surface area (Å²) in [6.45, 7) is 3.88. The Bertz CT molecular complexity index is 959. The molecule has 0 spiro atoms. The lowest BCUT2D eigenvalue weighted by Crippen LogP contribution is -2.43. The van der Waals surface area contributed by atoms with Crippen LogP contribution < -0.4 is 9.64 Å². The molecule has 1 fully saturated rings. The summed E-state index contributed by atoms with van der Waals surface area (Å²) in [4.78, 5) is 5.09. The maximum Gasteiger partial charge on any atom is 0.143 e. The number of rotatable bonds is 4. The van der Waals surface area contributed by atoms with Crippen LogP contribution in [0.15, 0.2) is 84.9 Å². The molecule has 2 aliphatic heterocycles. The Morgan fingerprint density at radius 1 is 0.800 bits per heavy atom. The van der Waals surface area contributed by atoms with Crippen molar-refractivity contribution in [1.82, 2.24) is 4.90 Å². The van der Waals surface area contributed by atoms with Crippen LogP contribution in [-0.2, 0) is 6.61 Å². The number of nitrogens with zero attached hydrogens (tertiary/aromatic N) is 2. The van der Waals surface area contributed by atoms with E-state index in [9.17, 15) is 0 Å². The van der Waals surface area contributed by atoms with E-state index < -0.39 is 0 Å². The molecule has 1 saturated heterocycles. The third-order valence-corrected chi connectivity index (χ3v) is 6.15. The summed E-state index contributed by atoms with van der Waals surface area (Å²) < 4.78 is 6.15. The van der Waals surface area contributed by atoms with Crippen molar-refractivity contribution in [3.8, 4) is 5.75 Å². The number of para-hydroxylation sites is 3. The minimum Gasteiger partial charge on any atom is -0.487 e. The molecule has 0 amide bonds. The normalized spacial score (nSPS) is 17.3. The SMILES string of the molecule is C(=C\c1ccccc1)/CN1CCC(N2c3ccccc3COc3ccccc32)CC1. The Hall–Kier alpha value is -3.04. The average Bonchev–Trinajstić information content (AvgIpc) is 2.97. The number of piperidine rings is 1. The van der Waals surface area contributed by atoms with Crippen LogP contribution in [0.3, 0.4) is 0 Å². The van der Waals surface area contributed by atoms with Gasteiger partial charge in [-0.3, -0.25) is 4.90 Å². The molecule has 5 rings (SSSR count). The molecule has 0 unspecified atom stereocenters. The highest BCUT2D eigenvalue weighted by Crippen LogP contribution is 2.42. The standard InChI is InChI=1S/C27H28N2O/c1-2-9-22(10-3-1)11-8-18-28-19-16-24(17-20-28)29-25-13-5-4-12-23(25)21-30-27-15-7-6-14-26(27)29/h1-15,24H,16-21H2/b11-8+. The first-order valence-electron chi connectivity index (χ1n) is 10.9. The van der Waals surface area contributed by atoms with Gasteiger partial charge in [0, 0.05) is 36.9 Å². The molecular weight excluding hydrogens is 368 g/mol.